The second kappa shape index (κ2) is 7.75. The molecule has 1 atom stereocenters. The zero-order chi connectivity index (χ0) is 17.7. The number of aromatic hydroxyl groups is 1. The molecule has 0 bridgehead atoms. The summed E-state index contributed by atoms with van der Waals surface area (Å²) in [5, 5.41) is 22.2. The van der Waals surface area contributed by atoms with Crippen LogP contribution in [0, 0.1) is 0 Å². The Bertz CT molecular complexity index is 747. The summed E-state index contributed by atoms with van der Waals surface area (Å²) in [6.07, 6.45) is 2.25. The molecule has 0 radical (unpaired) electrons. The standard InChI is InChI=1S/C15H18N4O4S/c16-11(14(22)23)4-8-1-2-12(20)9(3-8)5-10-6-18-15(24-10)19-7-13(17)21/h1-3,6,11,20H,4-5,7,16H2,(H2,17,21)(H,18,19)(H,22,23)/t11-/m0/s1. The Hall–Kier alpha value is -2.65. The molecule has 0 fully saturated rings. The maximum Gasteiger partial charge on any atom is 0.320 e. The molecule has 0 aliphatic carbocycles. The number of phenolic OH excluding ortho intramolecular Hbond substituents is 1. The SMILES string of the molecule is NC(=O)CNc1ncc(Cc2cc(C[C@H](N)C(=O)O)ccc2O)s1. The average molecular weight is 350 g/mol. The summed E-state index contributed by atoms with van der Waals surface area (Å²) in [6, 6.07) is 3.91. The van der Waals surface area contributed by atoms with Crippen LogP contribution < -0.4 is 16.8 Å². The molecular formula is C15H18N4O4S. The Kier molecular flexibility index (Phi) is 5.72. The monoisotopic (exact) mass is 350 g/mol. The molecule has 7 N–H and O–H groups in total. The van der Waals surface area contributed by atoms with Crippen molar-refractivity contribution in [3.05, 3.63) is 40.4 Å². The fourth-order valence-electron chi connectivity index (χ4n) is 2.07. The summed E-state index contributed by atoms with van der Waals surface area (Å²) >= 11 is 1.34. The van der Waals surface area contributed by atoms with Crippen molar-refractivity contribution in [2.75, 3.05) is 11.9 Å². The second-order valence-corrected chi connectivity index (χ2v) is 6.36. The molecule has 8 nitrogen and oxygen atoms in total. The second-order valence-electron chi connectivity index (χ2n) is 5.24. The van der Waals surface area contributed by atoms with Gasteiger partial charge in [0, 0.05) is 17.5 Å². The minimum Gasteiger partial charge on any atom is -0.508 e. The number of primary amides is 1. The molecule has 2 aromatic rings. The molecule has 2 rings (SSSR count). The summed E-state index contributed by atoms with van der Waals surface area (Å²) < 4.78 is 0. The minimum absolute atomic E-state index is 0.000759. The van der Waals surface area contributed by atoms with E-state index in [1.807, 2.05) is 0 Å². The van der Waals surface area contributed by atoms with Crippen molar-refractivity contribution < 1.29 is 19.8 Å². The fraction of sp³-hybridized carbons (Fsp3) is 0.267. The summed E-state index contributed by atoms with van der Waals surface area (Å²) in [4.78, 5) is 26.6. The van der Waals surface area contributed by atoms with Crippen LogP contribution in [0.15, 0.2) is 24.4 Å². The number of carbonyl (C=O) groups excluding carboxylic acids is 1. The number of hydrogen-bond donors (Lipinski definition) is 5. The van der Waals surface area contributed by atoms with Gasteiger partial charge in [-0.3, -0.25) is 9.59 Å². The lowest BCUT2D eigenvalue weighted by Crippen LogP contribution is -2.32. The van der Waals surface area contributed by atoms with Crippen LogP contribution in [0.25, 0.3) is 0 Å². The molecule has 0 spiro atoms. The summed E-state index contributed by atoms with van der Waals surface area (Å²) in [5.74, 6) is -1.44. The van der Waals surface area contributed by atoms with Crippen LogP contribution >= 0.6 is 11.3 Å². The molecule has 128 valence electrons. The molecule has 1 aromatic carbocycles. The van der Waals surface area contributed by atoms with Gasteiger partial charge in [-0.15, -0.1) is 11.3 Å². The lowest BCUT2D eigenvalue weighted by atomic mass is 10.0. The van der Waals surface area contributed by atoms with Crippen molar-refractivity contribution in [2.24, 2.45) is 11.5 Å². The van der Waals surface area contributed by atoms with Crippen molar-refractivity contribution >= 4 is 28.3 Å². The van der Waals surface area contributed by atoms with Crippen molar-refractivity contribution in [3.63, 3.8) is 0 Å². The molecule has 1 heterocycles. The van der Waals surface area contributed by atoms with Gasteiger partial charge in [0.25, 0.3) is 0 Å². The fourth-order valence-corrected chi connectivity index (χ4v) is 2.90. The van der Waals surface area contributed by atoms with Gasteiger partial charge in [0.15, 0.2) is 5.13 Å². The molecule has 1 amide bonds. The molecule has 0 aliphatic heterocycles. The van der Waals surface area contributed by atoms with Crippen LogP contribution in [-0.2, 0) is 22.4 Å². The smallest absolute Gasteiger partial charge is 0.320 e. The van der Waals surface area contributed by atoms with E-state index >= 15 is 0 Å². The topological polar surface area (TPSA) is 152 Å². The molecule has 24 heavy (non-hydrogen) atoms. The lowest BCUT2D eigenvalue weighted by molar-refractivity contribution is -0.138. The van der Waals surface area contributed by atoms with Crippen molar-refractivity contribution in [1.29, 1.82) is 0 Å². The Morgan fingerprint density at radius 3 is 2.79 bits per heavy atom. The summed E-state index contributed by atoms with van der Waals surface area (Å²) in [7, 11) is 0. The first-order valence-electron chi connectivity index (χ1n) is 7.11. The normalized spacial score (nSPS) is 11.9. The van der Waals surface area contributed by atoms with Gasteiger partial charge in [-0.1, -0.05) is 12.1 Å². The first kappa shape index (κ1) is 17.7. The van der Waals surface area contributed by atoms with Gasteiger partial charge in [0.05, 0.1) is 6.54 Å². The van der Waals surface area contributed by atoms with Gasteiger partial charge in [0.1, 0.15) is 11.8 Å². The van der Waals surface area contributed by atoms with E-state index in [-0.39, 0.29) is 18.7 Å². The highest BCUT2D eigenvalue weighted by Crippen LogP contribution is 2.26. The van der Waals surface area contributed by atoms with Crippen LogP contribution in [0.2, 0.25) is 0 Å². The van der Waals surface area contributed by atoms with Gasteiger partial charge < -0.3 is 27.0 Å². The number of aromatic nitrogens is 1. The van der Waals surface area contributed by atoms with Crippen LogP contribution in [0.3, 0.4) is 0 Å². The third kappa shape index (κ3) is 4.93. The predicted molar refractivity (Wildman–Crippen MR) is 90.0 cm³/mol. The Balaban J connectivity index is 2.08. The van der Waals surface area contributed by atoms with Crippen LogP contribution in [0.1, 0.15) is 16.0 Å². The zero-order valence-corrected chi connectivity index (χ0v) is 13.5. The molecule has 1 aromatic heterocycles. The van der Waals surface area contributed by atoms with Crippen LogP contribution in [0.5, 0.6) is 5.75 Å². The van der Waals surface area contributed by atoms with Crippen LogP contribution in [0.4, 0.5) is 5.13 Å². The number of nitrogens with zero attached hydrogens (tertiary/aromatic N) is 1. The number of thiazole rings is 1. The molecule has 0 unspecified atom stereocenters. The molecule has 0 saturated heterocycles. The van der Waals surface area contributed by atoms with E-state index < -0.39 is 17.9 Å². The Morgan fingerprint density at radius 2 is 2.12 bits per heavy atom. The van der Waals surface area contributed by atoms with Gasteiger partial charge in [-0.05, 0) is 23.6 Å². The average Bonchev–Trinajstić information content (AvgIpc) is 2.96. The van der Waals surface area contributed by atoms with Crippen LogP contribution in [-0.4, -0.2) is 39.7 Å². The Labute approximate surface area is 142 Å². The molecule has 0 aliphatic rings. The van der Waals surface area contributed by atoms with Crippen molar-refractivity contribution in [1.82, 2.24) is 4.98 Å². The van der Waals surface area contributed by atoms with Gasteiger partial charge in [-0.2, -0.15) is 0 Å². The molecular weight excluding hydrogens is 332 g/mol. The van der Waals surface area contributed by atoms with Gasteiger partial charge in [0.2, 0.25) is 5.91 Å². The number of carboxylic acids is 1. The number of carboxylic acid groups (broad SMARTS) is 1. The predicted octanol–water partition coefficient (Wildman–Crippen LogP) is 0.291. The zero-order valence-electron chi connectivity index (χ0n) is 12.7. The number of hydrogen-bond acceptors (Lipinski definition) is 7. The highest BCUT2D eigenvalue weighted by Gasteiger charge is 2.14. The lowest BCUT2D eigenvalue weighted by Gasteiger charge is -2.09. The van der Waals surface area contributed by atoms with Gasteiger partial charge >= 0.3 is 5.97 Å². The molecule has 9 heteroatoms. The maximum absolute atomic E-state index is 10.8. The third-order valence-corrected chi connectivity index (χ3v) is 4.20. The summed E-state index contributed by atoms with van der Waals surface area (Å²) in [5.41, 5.74) is 12.0. The van der Waals surface area contributed by atoms with Gasteiger partial charge in [-0.25, -0.2) is 4.98 Å². The van der Waals surface area contributed by atoms with E-state index in [4.69, 9.17) is 16.6 Å². The highest BCUT2D eigenvalue weighted by atomic mass is 32.1. The van der Waals surface area contributed by atoms with E-state index in [1.54, 1.807) is 18.3 Å². The van der Waals surface area contributed by atoms with E-state index in [0.717, 1.165) is 10.4 Å². The van der Waals surface area contributed by atoms with E-state index in [1.165, 1.54) is 17.4 Å². The van der Waals surface area contributed by atoms with E-state index in [2.05, 4.69) is 10.3 Å². The maximum atomic E-state index is 10.8. The third-order valence-electron chi connectivity index (χ3n) is 3.25. The number of nitrogens with two attached hydrogens (primary N) is 2. The Morgan fingerprint density at radius 1 is 1.38 bits per heavy atom. The minimum atomic E-state index is -1.07. The number of rotatable bonds is 8. The first-order valence-corrected chi connectivity index (χ1v) is 7.93. The number of carbonyl (C=O) groups is 2. The number of phenols is 1. The first-order chi connectivity index (χ1) is 11.3. The highest BCUT2D eigenvalue weighted by molar-refractivity contribution is 7.15. The van der Waals surface area contributed by atoms with Crippen molar-refractivity contribution in [3.8, 4) is 5.75 Å². The van der Waals surface area contributed by atoms with E-state index in [0.29, 0.717) is 17.1 Å². The summed E-state index contributed by atoms with van der Waals surface area (Å²) in [6.45, 7) is 0.000759. The number of aliphatic carboxylic acids is 1. The number of benzene rings is 1. The number of anilines is 1. The number of amides is 1. The molecule has 0 saturated carbocycles. The quantitative estimate of drug-likeness (QED) is 0.459. The van der Waals surface area contributed by atoms with E-state index in [9.17, 15) is 14.7 Å². The largest absolute Gasteiger partial charge is 0.508 e. The van der Waals surface area contributed by atoms with Crippen molar-refractivity contribution in [2.45, 2.75) is 18.9 Å². The number of nitrogens with one attached hydrogen (secondary N) is 1.